The van der Waals surface area contributed by atoms with Gasteiger partial charge < -0.3 is 5.32 Å². The van der Waals surface area contributed by atoms with E-state index in [-0.39, 0.29) is 0 Å². The van der Waals surface area contributed by atoms with Crippen molar-refractivity contribution in [1.29, 1.82) is 0 Å². The Balaban J connectivity index is 1.69. The first kappa shape index (κ1) is 14.9. The number of thiocarbonyl (C=S) groups is 1. The first-order valence-electron chi connectivity index (χ1n) is 6.67. The molecule has 0 aliphatic heterocycles. The summed E-state index contributed by atoms with van der Waals surface area (Å²) >= 11 is 5.14. The molecule has 4 heteroatoms. The molecule has 0 saturated heterocycles. The van der Waals surface area contributed by atoms with E-state index in [0.717, 1.165) is 5.56 Å². The topological polar surface area (TPSA) is 36.4 Å². The molecule has 0 amide bonds. The fraction of sp³-hybridized carbons (Fsp3) is 0.0588. The monoisotopic (exact) mass is 295 g/mol. The highest BCUT2D eigenvalue weighted by Crippen LogP contribution is 1.99. The normalized spacial score (nSPS) is 10.9. The van der Waals surface area contributed by atoms with E-state index in [9.17, 15) is 0 Å². The van der Waals surface area contributed by atoms with Crippen LogP contribution in [-0.4, -0.2) is 11.3 Å². The van der Waals surface area contributed by atoms with Crippen LogP contribution in [0.25, 0.3) is 6.08 Å². The minimum Gasteiger partial charge on any atom is -0.357 e. The lowest BCUT2D eigenvalue weighted by Gasteiger charge is -2.06. The lowest BCUT2D eigenvalue weighted by atomic mass is 10.2. The molecule has 0 saturated carbocycles. The molecule has 0 spiro atoms. The standard InChI is InChI=1S/C17H17N3S/c21-17(18-14-16-10-5-2-6-11-16)20-19-13-7-12-15-8-3-1-4-9-15/h1-13H,14H2,(H2,18,20,21). The highest BCUT2D eigenvalue weighted by atomic mass is 32.1. The van der Waals surface area contributed by atoms with Crippen LogP contribution in [0.5, 0.6) is 0 Å². The van der Waals surface area contributed by atoms with Crippen LogP contribution < -0.4 is 10.7 Å². The summed E-state index contributed by atoms with van der Waals surface area (Å²) in [7, 11) is 0. The fourth-order valence-corrected chi connectivity index (χ4v) is 1.80. The number of hydrogen-bond donors (Lipinski definition) is 2. The summed E-state index contributed by atoms with van der Waals surface area (Å²) in [6.45, 7) is 0.683. The van der Waals surface area contributed by atoms with Gasteiger partial charge in [-0.15, -0.1) is 0 Å². The average Bonchev–Trinajstić information content (AvgIpc) is 2.54. The first-order valence-corrected chi connectivity index (χ1v) is 7.08. The average molecular weight is 295 g/mol. The molecule has 0 heterocycles. The van der Waals surface area contributed by atoms with Crippen molar-refractivity contribution < 1.29 is 0 Å². The molecular weight excluding hydrogens is 278 g/mol. The van der Waals surface area contributed by atoms with Crippen LogP contribution in [-0.2, 0) is 6.54 Å². The molecule has 2 rings (SSSR count). The Labute approximate surface area is 130 Å². The highest BCUT2D eigenvalue weighted by Gasteiger charge is 1.93. The third kappa shape index (κ3) is 6.01. The molecule has 3 nitrogen and oxygen atoms in total. The fourth-order valence-electron chi connectivity index (χ4n) is 1.67. The maximum atomic E-state index is 5.14. The van der Waals surface area contributed by atoms with Gasteiger partial charge >= 0.3 is 0 Å². The largest absolute Gasteiger partial charge is 0.357 e. The molecule has 0 fully saturated rings. The lowest BCUT2D eigenvalue weighted by Crippen LogP contribution is -2.31. The van der Waals surface area contributed by atoms with E-state index in [1.54, 1.807) is 6.21 Å². The Morgan fingerprint density at radius 1 is 1.00 bits per heavy atom. The Morgan fingerprint density at radius 2 is 1.67 bits per heavy atom. The van der Waals surface area contributed by atoms with Gasteiger partial charge in [0.2, 0.25) is 0 Å². The van der Waals surface area contributed by atoms with Gasteiger partial charge in [-0.1, -0.05) is 66.7 Å². The van der Waals surface area contributed by atoms with Crippen LogP contribution in [0.3, 0.4) is 0 Å². The summed E-state index contributed by atoms with van der Waals surface area (Å²) in [5.41, 5.74) is 5.09. The van der Waals surface area contributed by atoms with Gasteiger partial charge in [-0.05, 0) is 29.4 Å². The highest BCUT2D eigenvalue weighted by molar-refractivity contribution is 7.80. The van der Waals surface area contributed by atoms with E-state index in [1.165, 1.54) is 5.56 Å². The molecule has 0 radical (unpaired) electrons. The van der Waals surface area contributed by atoms with Crippen LogP contribution in [0.15, 0.2) is 71.8 Å². The summed E-state index contributed by atoms with van der Waals surface area (Å²) in [5.74, 6) is 0. The maximum absolute atomic E-state index is 5.14. The van der Waals surface area contributed by atoms with Crippen LogP contribution >= 0.6 is 12.2 Å². The second kappa shape index (κ2) is 8.66. The van der Waals surface area contributed by atoms with Crippen LogP contribution in [0.2, 0.25) is 0 Å². The smallest absolute Gasteiger partial charge is 0.187 e. The molecule has 2 aromatic rings. The lowest BCUT2D eigenvalue weighted by molar-refractivity contribution is 0.869. The molecule has 0 aliphatic rings. The van der Waals surface area contributed by atoms with Crippen molar-refractivity contribution in [3.8, 4) is 0 Å². The number of hydrogen-bond acceptors (Lipinski definition) is 2. The first-order chi connectivity index (χ1) is 10.3. The quantitative estimate of drug-likeness (QED) is 0.504. The summed E-state index contributed by atoms with van der Waals surface area (Å²) in [5, 5.41) is 7.63. The number of hydrazone groups is 1. The molecule has 2 N–H and O–H groups in total. The summed E-state index contributed by atoms with van der Waals surface area (Å²) in [6.07, 6.45) is 5.51. The van der Waals surface area contributed by atoms with Crippen molar-refractivity contribution in [1.82, 2.24) is 10.7 Å². The molecule has 0 atom stereocenters. The van der Waals surface area contributed by atoms with E-state index >= 15 is 0 Å². The van der Waals surface area contributed by atoms with Crippen LogP contribution in [0.1, 0.15) is 11.1 Å². The minimum absolute atomic E-state index is 0.503. The van der Waals surface area contributed by atoms with E-state index in [0.29, 0.717) is 11.7 Å². The minimum atomic E-state index is 0.503. The molecule has 21 heavy (non-hydrogen) atoms. The molecule has 0 aliphatic carbocycles. The zero-order chi connectivity index (χ0) is 14.8. The Morgan fingerprint density at radius 3 is 2.38 bits per heavy atom. The Bertz CT molecular complexity index is 606. The zero-order valence-corrected chi connectivity index (χ0v) is 12.4. The molecule has 0 unspecified atom stereocenters. The van der Waals surface area contributed by atoms with Gasteiger partial charge in [-0.2, -0.15) is 5.10 Å². The number of nitrogens with one attached hydrogen (secondary N) is 2. The molecular formula is C17H17N3S. The number of nitrogens with zero attached hydrogens (tertiary/aromatic N) is 1. The Kier molecular flexibility index (Phi) is 6.16. The molecule has 2 aromatic carbocycles. The number of rotatable bonds is 5. The van der Waals surface area contributed by atoms with E-state index in [4.69, 9.17) is 12.2 Å². The number of allylic oxidation sites excluding steroid dienone is 1. The van der Waals surface area contributed by atoms with Gasteiger partial charge in [0.25, 0.3) is 0 Å². The number of benzene rings is 2. The predicted octanol–water partition coefficient (Wildman–Crippen LogP) is 3.35. The van der Waals surface area contributed by atoms with Gasteiger partial charge in [0.05, 0.1) is 0 Å². The van der Waals surface area contributed by atoms with E-state index in [2.05, 4.69) is 15.8 Å². The molecule has 106 valence electrons. The van der Waals surface area contributed by atoms with Crippen molar-refractivity contribution in [3.63, 3.8) is 0 Å². The van der Waals surface area contributed by atoms with Gasteiger partial charge in [0, 0.05) is 12.8 Å². The van der Waals surface area contributed by atoms with Crippen molar-refractivity contribution in [2.24, 2.45) is 5.10 Å². The van der Waals surface area contributed by atoms with Gasteiger partial charge in [-0.3, -0.25) is 5.43 Å². The van der Waals surface area contributed by atoms with Crippen molar-refractivity contribution >= 4 is 29.6 Å². The van der Waals surface area contributed by atoms with Crippen molar-refractivity contribution in [2.75, 3.05) is 0 Å². The summed E-state index contributed by atoms with van der Waals surface area (Å²) in [6, 6.07) is 20.1. The predicted molar refractivity (Wildman–Crippen MR) is 93.0 cm³/mol. The maximum Gasteiger partial charge on any atom is 0.187 e. The molecule has 0 bridgehead atoms. The second-order valence-electron chi connectivity index (χ2n) is 4.33. The third-order valence-electron chi connectivity index (χ3n) is 2.71. The second-order valence-corrected chi connectivity index (χ2v) is 4.74. The van der Waals surface area contributed by atoms with E-state index < -0.39 is 0 Å². The zero-order valence-electron chi connectivity index (χ0n) is 11.6. The third-order valence-corrected chi connectivity index (χ3v) is 2.95. The van der Waals surface area contributed by atoms with Crippen molar-refractivity contribution in [3.05, 3.63) is 77.9 Å². The summed E-state index contributed by atoms with van der Waals surface area (Å²) in [4.78, 5) is 0. The SMILES string of the molecule is S=C(NCc1ccccc1)NN=CC=Cc1ccccc1. The van der Waals surface area contributed by atoms with E-state index in [1.807, 2.05) is 72.8 Å². The van der Waals surface area contributed by atoms with Crippen molar-refractivity contribution in [2.45, 2.75) is 6.54 Å². The van der Waals surface area contributed by atoms with Crippen LogP contribution in [0.4, 0.5) is 0 Å². The van der Waals surface area contributed by atoms with Gasteiger partial charge in [0.1, 0.15) is 0 Å². The van der Waals surface area contributed by atoms with Gasteiger partial charge in [-0.25, -0.2) is 0 Å². The summed E-state index contributed by atoms with van der Waals surface area (Å²) < 4.78 is 0. The van der Waals surface area contributed by atoms with Gasteiger partial charge in [0.15, 0.2) is 5.11 Å². The molecule has 0 aromatic heterocycles. The Hall–Kier alpha value is -2.46. The van der Waals surface area contributed by atoms with Crippen LogP contribution in [0, 0.1) is 0 Å².